The Labute approximate surface area is 109 Å². The minimum absolute atomic E-state index is 0.277. The molecular formula is C13H24N4O. The molecule has 0 fully saturated rings. The van der Waals surface area contributed by atoms with Gasteiger partial charge in [-0.1, -0.05) is 27.2 Å². The van der Waals surface area contributed by atoms with Crippen LogP contribution in [0.5, 0.6) is 0 Å². The molecule has 0 aliphatic carbocycles. The fourth-order valence-electron chi connectivity index (χ4n) is 1.60. The van der Waals surface area contributed by atoms with Gasteiger partial charge in [0.25, 0.3) is 0 Å². The largest absolute Gasteiger partial charge is 0.391 e. The maximum Gasteiger partial charge on any atom is 0.135 e. The monoisotopic (exact) mass is 252 g/mol. The van der Waals surface area contributed by atoms with E-state index >= 15 is 0 Å². The molecule has 1 heterocycles. The van der Waals surface area contributed by atoms with Gasteiger partial charge in [-0.25, -0.2) is 9.97 Å². The first-order chi connectivity index (χ1) is 8.56. The van der Waals surface area contributed by atoms with Gasteiger partial charge in [-0.3, -0.25) is 0 Å². The lowest BCUT2D eigenvalue weighted by Gasteiger charge is -2.14. The number of aromatic nitrogens is 2. The summed E-state index contributed by atoms with van der Waals surface area (Å²) in [5.41, 5.74) is 0. The average Bonchev–Trinajstić information content (AvgIpc) is 2.36. The molecule has 0 aromatic carbocycles. The zero-order valence-electron chi connectivity index (χ0n) is 11.7. The van der Waals surface area contributed by atoms with Crippen LogP contribution in [0.15, 0.2) is 6.07 Å². The Bertz CT molecular complexity index is 368. The van der Waals surface area contributed by atoms with Gasteiger partial charge >= 0.3 is 0 Å². The van der Waals surface area contributed by atoms with E-state index in [9.17, 15) is 5.11 Å². The number of nitrogens with zero attached hydrogens (tertiary/aromatic N) is 2. The molecule has 0 amide bonds. The highest BCUT2D eigenvalue weighted by atomic mass is 16.3. The summed E-state index contributed by atoms with van der Waals surface area (Å²) in [7, 11) is 1.84. The molecule has 0 aliphatic heterocycles. The lowest BCUT2D eigenvalue weighted by molar-refractivity contribution is 0.176. The number of anilines is 2. The smallest absolute Gasteiger partial charge is 0.135 e. The van der Waals surface area contributed by atoms with E-state index in [-0.39, 0.29) is 12.0 Å². The van der Waals surface area contributed by atoms with Crippen molar-refractivity contribution in [2.45, 2.75) is 45.6 Å². The number of hydrogen-bond donors (Lipinski definition) is 3. The van der Waals surface area contributed by atoms with Crippen LogP contribution < -0.4 is 10.6 Å². The lowest BCUT2D eigenvalue weighted by Crippen LogP contribution is -2.20. The molecule has 18 heavy (non-hydrogen) atoms. The van der Waals surface area contributed by atoms with E-state index in [0.29, 0.717) is 6.54 Å². The fraction of sp³-hybridized carbons (Fsp3) is 0.692. The second-order valence-electron chi connectivity index (χ2n) is 4.72. The summed E-state index contributed by atoms with van der Waals surface area (Å²) < 4.78 is 0. The van der Waals surface area contributed by atoms with Gasteiger partial charge < -0.3 is 15.7 Å². The molecule has 5 nitrogen and oxygen atoms in total. The van der Waals surface area contributed by atoms with E-state index in [2.05, 4.69) is 41.4 Å². The van der Waals surface area contributed by atoms with Crippen molar-refractivity contribution in [2.75, 3.05) is 24.2 Å². The van der Waals surface area contributed by atoms with E-state index in [1.54, 1.807) is 0 Å². The van der Waals surface area contributed by atoms with Crippen molar-refractivity contribution in [1.29, 1.82) is 0 Å². The number of hydrogen-bond acceptors (Lipinski definition) is 5. The SMILES string of the molecule is CCCC(O)CNc1cc(NC)nc(C(C)C)n1. The molecule has 0 aliphatic rings. The van der Waals surface area contributed by atoms with E-state index < -0.39 is 0 Å². The number of rotatable bonds is 7. The zero-order chi connectivity index (χ0) is 13.5. The van der Waals surface area contributed by atoms with Gasteiger partial charge in [0.2, 0.25) is 0 Å². The van der Waals surface area contributed by atoms with E-state index in [1.807, 2.05) is 13.1 Å². The molecule has 102 valence electrons. The van der Waals surface area contributed by atoms with E-state index in [4.69, 9.17) is 0 Å². The molecule has 1 rings (SSSR count). The van der Waals surface area contributed by atoms with Gasteiger partial charge in [-0.05, 0) is 6.42 Å². The molecule has 0 spiro atoms. The van der Waals surface area contributed by atoms with Crippen LogP contribution in [0.1, 0.15) is 45.4 Å². The van der Waals surface area contributed by atoms with Crippen LogP contribution in [-0.4, -0.2) is 34.8 Å². The topological polar surface area (TPSA) is 70.1 Å². The molecule has 1 atom stereocenters. The first kappa shape index (κ1) is 14.7. The first-order valence-corrected chi connectivity index (χ1v) is 6.55. The molecule has 0 bridgehead atoms. The Morgan fingerprint density at radius 1 is 1.28 bits per heavy atom. The van der Waals surface area contributed by atoms with Crippen LogP contribution >= 0.6 is 0 Å². The van der Waals surface area contributed by atoms with Crippen molar-refractivity contribution in [3.05, 3.63) is 11.9 Å². The van der Waals surface area contributed by atoms with Crippen molar-refractivity contribution in [2.24, 2.45) is 0 Å². The summed E-state index contributed by atoms with van der Waals surface area (Å²) in [5.74, 6) is 2.63. The lowest BCUT2D eigenvalue weighted by atomic mass is 10.2. The molecule has 0 saturated carbocycles. The van der Waals surface area contributed by atoms with Crippen LogP contribution in [0.25, 0.3) is 0 Å². The van der Waals surface area contributed by atoms with Crippen LogP contribution in [0.3, 0.4) is 0 Å². The van der Waals surface area contributed by atoms with E-state index in [1.165, 1.54) is 0 Å². The summed E-state index contributed by atoms with van der Waals surface area (Å²) in [4.78, 5) is 8.83. The van der Waals surface area contributed by atoms with Gasteiger partial charge in [0.1, 0.15) is 17.5 Å². The number of nitrogens with one attached hydrogen (secondary N) is 2. The summed E-state index contributed by atoms with van der Waals surface area (Å²) >= 11 is 0. The Hall–Kier alpha value is -1.36. The summed E-state index contributed by atoms with van der Waals surface area (Å²) in [6, 6.07) is 1.85. The second-order valence-corrected chi connectivity index (χ2v) is 4.72. The summed E-state index contributed by atoms with van der Waals surface area (Å²) in [5, 5.41) is 15.9. The van der Waals surface area contributed by atoms with Crippen molar-refractivity contribution in [3.8, 4) is 0 Å². The van der Waals surface area contributed by atoms with Gasteiger partial charge in [0.05, 0.1) is 6.10 Å². The molecule has 0 radical (unpaired) electrons. The Balaban J connectivity index is 2.72. The highest BCUT2D eigenvalue weighted by Crippen LogP contribution is 2.16. The summed E-state index contributed by atoms with van der Waals surface area (Å²) in [6.45, 7) is 6.70. The highest BCUT2D eigenvalue weighted by Gasteiger charge is 2.08. The molecular weight excluding hydrogens is 228 g/mol. The highest BCUT2D eigenvalue weighted by molar-refractivity contribution is 5.47. The quantitative estimate of drug-likeness (QED) is 0.694. The molecule has 5 heteroatoms. The average molecular weight is 252 g/mol. The molecule has 1 aromatic heterocycles. The van der Waals surface area contributed by atoms with Crippen LogP contribution in [0, 0.1) is 0 Å². The van der Waals surface area contributed by atoms with Gasteiger partial charge in [0.15, 0.2) is 0 Å². The third kappa shape index (κ3) is 4.49. The normalized spacial score (nSPS) is 12.6. The molecule has 1 aromatic rings. The van der Waals surface area contributed by atoms with Crippen molar-refractivity contribution >= 4 is 11.6 Å². The van der Waals surface area contributed by atoms with Gasteiger partial charge in [-0.15, -0.1) is 0 Å². The Morgan fingerprint density at radius 2 is 1.94 bits per heavy atom. The minimum Gasteiger partial charge on any atom is -0.391 e. The number of aliphatic hydroxyl groups is 1. The van der Waals surface area contributed by atoms with Crippen molar-refractivity contribution in [1.82, 2.24) is 9.97 Å². The Kier molecular flexibility index (Phi) is 5.85. The standard InChI is InChI=1S/C13H24N4O/c1-5-6-10(18)8-15-12-7-11(14-4)16-13(17-12)9(2)3/h7,9-10,18H,5-6,8H2,1-4H3,(H2,14,15,16,17). The third-order valence-electron chi connectivity index (χ3n) is 2.66. The fourth-order valence-corrected chi connectivity index (χ4v) is 1.60. The Morgan fingerprint density at radius 3 is 2.50 bits per heavy atom. The molecule has 0 saturated heterocycles. The van der Waals surface area contributed by atoms with E-state index in [0.717, 1.165) is 30.3 Å². The van der Waals surface area contributed by atoms with Crippen LogP contribution in [-0.2, 0) is 0 Å². The summed E-state index contributed by atoms with van der Waals surface area (Å²) in [6.07, 6.45) is 1.45. The van der Waals surface area contributed by atoms with Crippen LogP contribution in [0.2, 0.25) is 0 Å². The number of aliphatic hydroxyl groups excluding tert-OH is 1. The second kappa shape index (κ2) is 7.16. The van der Waals surface area contributed by atoms with Crippen LogP contribution in [0.4, 0.5) is 11.6 Å². The molecule has 3 N–H and O–H groups in total. The van der Waals surface area contributed by atoms with Gasteiger partial charge in [-0.2, -0.15) is 0 Å². The van der Waals surface area contributed by atoms with Crippen molar-refractivity contribution in [3.63, 3.8) is 0 Å². The minimum atomic E-state index is -0.328. The van der Waals surface area contributed by atoms with Crippen molar-refractivity contribution < 1.29 is 5.11 Å². The first-order valence-electron chi connectivity index (χ1n) is 6.55. The predicted octanol–water partition coefficient (Wildman–Crippen LogP) is 2.21. The predicted molar refractivity (Wildman–Crippen MR) is 75.1 cm³/mol. The maximum absolute atomic E-state index is 9.69. The molecule has 1 unspecified atom stereocenters. The third-order valence-corrected chi connectivity index (χ3v) is 2.66. The van der Waals surface area contributed by atoms with Gasteiger partial charge in [0, 0.05) is 25.6 Å². The zero-order valence-corrected chi connectivity index (χ0v) is 11.7. The maximum atomic E-state index is 9.69.